The van der Waals surface area contributed by atoms with Crippen LogP contribution < -0.4 is 5.73 Å². The highest BCUT2D eigenvalue weighted by Gasteiger charge is 2.50. The number of carbonyl (C=O) groups is 1. The van der Waals surface area contributed by atoms with E-state index in [1.807, 2.05) is 7.05 Å². The second kappa shape index (κ2) is 5.67. The van der Waals surface area contributed by atoms with Gasteiger partial charge in [0.2, 0.25) is 5.91 Å². The summed E-state index contributed by atoms with van der Waals surface area (Å²) in [7, 11) is 2.05. The number of carbonyl (C=O) groups excluding carboxylic acids is 1. The van der Waals surface area contributed by atoms with E-state index in [0.29, 0.717) is 18.5 Å². The third-order valence-corrected chi connectivity index (χ3v) is 6.24. The van der Waals surface area contributed by atoms with Gasteiger partial charge < -0.3 is 10.6 Å². The highest BCUT2D eigenvalue weighted by atomic mass is 16.2. The Labute approximate surface area is 123 Å². The molecule has 4 rings (SSSR count). The third kappa shape index (κ3) is 2.38. The van der Waals surface area contributed by atoms with Gasteiger partial charge in [-0.1, -0.05) is 13.3 Å². The molecule has 2 N–H and O–H groups in total. The number of hydrogen-bond acceptors (Lipinski definition) is 2. The molecule has 4 fully saturated rings. The molecule has 4 aliphatic carbocycles. The number of nitrogens with zero attached hydrogens (tertiary/aromatic N) is 1. The zero-order valence-electron chi connectivity index (χ0n) is 13.1. The number of hydrogen-bond donors (Lipinski definition) is 1. The van der Waals surface area contributed by atoms with E-state index in [0.717, 1.165) is 36.5 Å². The van der Waals surface area contributed by atoms with Crippen molar-refractivity contribution in [1.82, 2.24) is 4.90 Å². The van der Waals surface area contributed by atoms with Gasteiger partial charge in [0.1, 0.15) is 0 Å². The van der Waals surface area contributed by atoms with Gasteiger partial charge in [0, 0.05) is 19.6 Å². The Kier molecular flexibility index (Phi) is 4.07. The van der Waals surface area contributed by atoms with Gasteiger partial charge in [-0.15, -0.1) is 0 Å². The van der Waals surface area contributed by atoms with Crippen molar-refractivity contribution in [2.24, 2.45) is 35.3 Å². The van der Waals surface area contributed by atoms with Gasteiger partial charge in [0.15, 0.2) is 0 Å². The lowest BCUT2D eigenvalue weighted by molar-refractivity contribution is -0.145. The van der Waals surface area contributed by atoms with Crippen LogP contribution in [0.5, 0.6) is 0 Å². The summed E-state index contributed by atoms with van der Waals surface area (Å²) < 4.78 is 0. The second-order valence-corrected chi connectivity index (χ2v) is 7.59. The van der Waals surface area contributed by atoms with Crippen LogP contribution in [0.3, 0.4) is 0 Å². The molecule has 4 aliphatic rings. The summed E-state index contributed by atoms with van der Waals surface area (Å²) in [6.07, 6.45) is 8.94. The summed E-state index contributed by atoms with van der Waals surface area (Å²) in [5.41, 5.74) is 5.82. The fraction of sp³-hybridized carbons (Fsp3) is 0.941. The maximum Gasteiger partial charge on any atom is 0.226 e. The molecule has 0 radical (unpaired) electrons. The Morgan fingerprint density at radius 1 is 1.15 bits per heavy atom. The van der Waals surface area contributed by atoms with E-state index in [1.165, 1.54) is 32.1 Å². The Morgan fingerprint density at radius 2 is 1.70 bits per heavy atom. The predicted molar refractivity (Wildman–Crippen MR) is 81.1 cm³/mol. The molecule has 3 nitrogen and oxygen atoms in total. The first kappa shape index (κ1) is 14.4. The topological polar surface area (TPSA) is 46.3 Å². The summed E-state index contributed by atoms with van der Waals surface area (Å²) in [5.74, 6) is 3.85. The number of nitrogens with two attached hydrogens (primary N) is 1. The zero-order valence-corrected chi connectivity index (χ0v) is 13.1. The Bertz CT molecular complexity index is 340. The summed E-state index contributed by atoms with van der Waals surface area (Å²) in [6.45, 7) is 2.64. The fourth-order valence-electron chi connectivity index (χ4n) is 5.65. The average molecular weight is 278 g/mol. The molecule has 4 saturated carbocycles. The van der Waals surface area contributed by atoms with E-state index in [2.05, 4.69) is 11.8 Å². The maximum absolute atomic E-state index is 12.7. The van der Waals surface area contributed by atoms with Gasteiger partial charge in [-0.3, -0.25) is 4.79 Å². The van der Waals surface area contributed by atoms with Gasteiger partial charge >= 0.3 is 0 Å². The van der Waals surface area contributed by atoms with Crippen molar-refractivity contribution in [1.29, 1.82) is 0 Å². The van der Waals surface area contributed by atoms with Gasteiger partial charge in [0.25, 0.3) is 0 Å². The monoisotopic (exact) mass is 278 g/mol. The highest BCUT2D eigenvalue weighted by Crippen LogP contribution is 2.55. The molecule has 0 aromatic rings. The minimum Gasteiger partial charge on any atom is -0.342 e. The lowest BCUT2D eigenvalue weighted by Crippen LogP contribution is -2.57. The van der Waals surface area contributed by atoms with Crippen LogP contribution in [-0.2, 0) is 4.79 Å². The first-order valence-corrected chi connectivity index (χ1v) is 8.60. The summed E-state index contributed by atoms with van der Waals surface area (Å²) in [5, 5.41) is 0. The molecule has 0 aromatic heterocycles. The smallest absolute Gasteiger partial charge is 0.226 e. The minimum absolute atomic E-state index is 0.0437. The van der Waals surface area contributed by atoms with Crippen molar-refractivity contribution in [2.45, 2.75) is 57.9 Å². The van der Waals surface area contributed by atoms with Gasteiger partial charge in [-0.25, -0.2) is 0 Å². The molecule has 114 valence electrons. The fourth-order valence-corrected chi connectivity index (χ4v) is 5.65. The SMILES string of the molecule is CCCC(CN)C(=O)N(C)C1C2CC3CC(C2)CC1C3. The van der Waals surface area contributed by atoms with E-state index in [4.69, 9.17) is 5.73 Å². The maximum atomic E-state index is 12.7. The number of rotatable bonds is 5. The number of amides is 1. The molecule has 1 atom stereocenters. The van der Waals surface area contributed by atoms with Crippen LogP contribution in [0.2, 0.25) is 0 Å². The second-order valence-electron chi connectivity index (χ2n) is 7.59. The summed E-state index contributed by atoms with van der Waals surface area (Å²) in [6, 6.07) is 0.515. The van der Waals surface area contributed by atoms with Crippen LogP contribution in [0, 0.1) is 29.6 Å². The molecular formula is C17H30N2O. The highest BCUT2D eigenvalue weighted by molar-refractivity contribution is 5.79. The molecule has 1 unspecified atom stereocenters. The van der Waals surface area contributed by atoms with Crippen LogP contribution in [0.4, 0.5) is 0 Å². The standard InChI is InChI=1S/C17H30N2O/c1-3-4-13(10-18)17(20)19(2)16-14-6-11-5-12(8-14)9-15(16)7-11/h11-16H,3-10,18H2,1-2H3. The first-order valence-electron chi connectivity index (χ1n) is 8.60. The molecule has 0 aromatic carbocycles. The van der Waals surface area contributed by atoms with Gasteiger partial charge in [-0.05, 0) is 62.2 Å². The molecule has 0 spiro atoms. The third-order valence-electron chi connectivity index (χ3n) is 6.24. The van der Waals surface area contributed by atoms with Crippen molar-refractivity contribution in [3.63, 3.8) is 0 Å². The minimum atomic E-state index is 0.0437. The van der Waals surface area contributed by atoms with Crippen LogP contribution in [0.1, 0.15) is 51.9 Å². The molecule has 4 bridgehead atoms. The van der Waals surface area contributed by atoms with Crippen LogP contribution in [0.15, 0.2) is 0 Å². The van der Waals surface area contributed by atoms with E-state index in [1.54, 1.807) is 0 Å². The summed E-state index contributed by atoms with van der Waals surface area (Å²) in [4.78, 5) is 14.8. The quantitative estimate of drug-likeness (QED) is 0.840. The van der Waals surface area contributed by atoms with E-state index < -0.39 is 0 Å². The van der Waals surface area contributed by atoms with E-state index in [-0.39, 0.29) is 5.92 Å². The molecule has 3 heteroatoms. The Morgan fingerprint density at radius 3 is 2.15 bits per heavy atom. The van der Waals surface area contributed by atoms with Crippen molar-refractivity contribution in [3.8, 4) is 0 Å². The molecule has 0 heterocycles. The first-order chi connectivity index (χ1) is 9.63. The molecule has 20 heavy (non-hydrogen) atoms. The van der Waals surface area contributed by atoms with Crippen LogP contribution >= 0.6 is 0 Å². The van der Waals surface area contributed by atoms with E-state index in [9.17, 15) is 4.79 Å². The molecule has 0 saturated heterocycles. The normalized spacial score (nSPS) is 39.9. The Hall–Kier alpha value is -0.570. The molecule has 0 aliphatic heterocycles. The Balaban J connectivity index is 1.70. The van der Waals surface area contributed by atoms with Crippen molar-refractivity contribution in [3.05, 3.63) is 0 Å². The lowest BCUT2D eigenvalue weighted by atomic mass is 9.54. The average Bonchev–Trinajstić information content (AvgIpc) is 2.42. The van der Waals surface area contributed by atoms with Crippen LogP contribution in [-0.4, -0.2) is 30.4 Å². The molecular weight excluding hydrogens is 248 g/mol. The van der Waals surface area contributed by atoms with Crippen molar-refractivity contribution in [2.75, 3.05) is 13.6 Å². The van der Waals surface area contributed by atoms with Crippen molar-refractivity contribution < 1.29 is 4.79 Å². The predicted octanol–water partition coefficient (Wildman–Crippen LogP) is 2.64. The summed E-state index contributed by atoms with van der Waals surface area (Å²) >= 11 is 0. The van der Waals surface area contributed by atoms with Gasteiger partial charge in [-0.2, -0.15) is 0 Å². The largest absolute Gasteiger partial charge is 0.342 e. The van der Waals surface area contributed by atoms with Crippen LogP contribution in [0.25, 0.3) is 0 Å². The van der Waals surface area contributed by atoms with Gasteiger partial charge in [0.05, 0.1) is 5.92 Å². The zero-order chi connectivity index (χ0) is 14.3. The van der Waals surface area contributed by atoms with Crippen molar-refractivity contribution >= 4 is 5.91 Å². The lowest BCUT2D eigenvalue weighted by Gasteiger charge is -2.56. The molecule has 1 amide bonds. The van der Waals surface area contributed by atoms with E-state index >= 15 is 0 Å².